The van der Waals surface area contributed by atoms with Crippen LogP contribution in [0.3, 0.4) is 0 Å². The Bertz CT molecular complexity index is 909. The van der Waals surface area contributed by atoms with Crippen LogP contribution in [-0.4, -0.2) is 25.7 Å². The molecule has 1 aromatic carbocycles. The maximum absolute atomic E-state index is 13.6. The first-order valence-electron chi connectivity index (χ1n) is 7.22. The van der Waals surface area contributed by atoms with Gasteiger partial charge in [0.2, 0.25) is 6.23 Å². The number of fused-ring (bicyclic) bond motifs is 1. The number of carbonyl (C=O) groups excluding carboxylic acids is 1. The van der Waals surface area contributed by atoms with Crippen LogP contribution in [0.15, 0.2) is 43.0 Å². The lowest BCUT2D eigenvalue weighted by molar-refractivity contribution is 0.0318. The zero-order chi connectivity index (χ0) is 16.7. The number of carbonyl (C=O) groups is 1. The molecule has 24 heavy (non-hydrogen) atoms. The van der Waals surface area contributed by atoms with Crippen molar-refractivity contribution in [1.82, 2.24) is 19.7 Å². The molecular formula is C16H12FN5O2. The highest BCUT2D eigenvalue weighted by molar-refractivity contribution is 5.98. The molecule has 0 aliphatic carbocycles. The van der Waals surface area contributed by atoms with Crippen molar-refractivity contribution in [1.29, 1.82) is 0 Å². The average Bonchev–Trinajstić information content (AvgIpc) is 3.12. The number of esters is 1. The number of rotatable bonds is 2. The van der Waals surface area contributed by atoms with Gasteiger partial charge in [0.1, 0.15) is 17.8 Å². The fourth-order valence-electron chi connectivity index (χ4n) is 2.55. The zero-order valence-electron chi connectivity index (χ0n) is 12.6. The number of aromatic nitrogens is 4. The zero-order valence-corrected chi connectivity index (χ0v) is 12.6. The third-order valence-electron chi connectivity index (χ3n) is 3.82. The Balaban J connectivity index is 1.64. The summed E-state index contributed by atoms with van der Waals surface area (Å²) in [6, 6.07) is 6.27. The van der Waals surface area contributed by atoms with Crippen LogP contribution in [0.4, 0.5) is 10.1 Å². The largest absolute Gasteiger partial charge is 0.432 e. The molecule has 3 aromatic rings. The highest BCUT2D eigenvalue weighted by Crippen LogP contribution is 2.32. The molecule has 0 spiro atoms. The predicted octanol–water partition coefficient (Wildman–Crippen LogP) is 2.39. The lowest BCUT2D eigenvalue weighted by Crippen LogP contribution is -2.27. The van der Waals surface area contributed by atoms with E-state index in [9.17, 15) is 9.18 Å². The van der Waals surface area contributed by atoms with Crippen molar-refractivity contribution in [2.24, 2.45) is 0 Å². The van der Waals surface area contributed by atoms with Gasteiger partial charge in [0.15, 0.2) is 5.82 Å². The molecule has 120 valence electrons. The number of anilines is 1. The molecule has 0 fully saturated rings. The highest BCUT2D eigenvalue weighted by atomic mass is 19.1. The van der Waals surface area contributed by atoms with E-state index in [0.29, 0.717) is 17.2 Å². The fraction of sp³-hybridized carbons (Fsp3) is 0.125. The molecule has 1 aliphatic heterocycles. The number of hydrogen-bond acceptors (Lipinski definition) is 6. The third-order valence-corrected chi connectivity index (χ3v) is 3.82. The number of hydrogen-bond donors (Lipinski definition) is 1. The lowest BCUT2D eigenvalue weighted by Gasteiger charge is -2.27. The van der Waals surface area contributed by atoms with Crippen LogP contribution in [0, 0.1) is 12.7 Å². The molecule has 2 aromatic heterocycles. The molecular weight excluding hydrogens is 313 g/mol. The summed E-state index contributed by atoms with van der Waals surface area (Å²) in [6.45, 7) is 1.54. The van der Waals surface area contributed by atoms with Crippen LogP contribution in [0.2, 0.25) is 0 Å². The molecule has 0 amide bonds. The number of nitrogens with zero attached hydrogens (tertiary/aromatic N) is 4. The quantitative estimate of drug-likeness (QED) is 0.729. The topological polar surface area (TPSA) is 81.9 Å². The minimum absolute atomic E-state index is 0.203. The Morgan fingerprint density at radius 3 is 2.83 bits per heavy atom. The summed E-state index contributed by atoms with van der Waals surface area (Å²) in [5.74, 6) is -0.446. The van der Waals surface area contributed by atoms with Gasteiger partial charge in [0, 0.05) is 18.0 Å². The average molecular weight is 325 g/mol. The van der Waals surface area contributed by atoms with Crippen LogP contribution in [0.5, 0.6) is 0 Å². The number of halogens is 1. The number of benzene rings is 1. The minimum Gasteiger partial charge on any atom is -0.432 e. The van der Waals surface area contributed by atoms with E-state index in [2.05, 4.69) is 20.5 Å². The number of imidazole rings is 1. The van der Waals surface area contributed by atoms with Crippen molar-refractivity contribution in [3.05, 3.63) is 65.6 Å². The maximum Gasteiger partial charge on any atom is 0.342 e. The SMILES string of the molecule is Cc1c(F)ccc2c1C(=O)OC(c1ccc(-n3ccnc3)nn1)N2. The van der Waals surface area contributed by atoms with Crippen molar-refractivity contribution >= 4 is 11.7 Å². The van der Waals surface area contributed by atoms with Gasteiger partial charge in [0.05, 0.1) is 11.3 Å². The van der Waals surface area contributed by atoms with Crippen molar-refractivity contribution in [3.63, 3.8) is 0 Å². The van der Waals surface area contributed by atoms with Crippen LogP contribution < -0.4 is 5.32 Å². The van der Waals surface area contributed by atoms with E-state index in [1.807, 2.05) is 0 Å². The third kappa shape index (κ3) is 2.28. The maximum atomic E-state index is 13.6. The molecule has 0 saturated carbocycles. The van der Waals surface area contributed by atoms with Crippen LogP contribution in [0.1, 0.15) is 27.8 Å². The van der Waals surface area contributed by atoms with Gasteiger partial charge < -0.3 is 10.1 Å². The van der Waals surface area contributed by atoms with E-state index < -0.39 is 18.0 Å². The molecule has 0 radical (unpaired) electrons. The summed E-state index contributed by atoms with van der Waals surface area (Å²) in [5.41, 5.74) is 1.41. The standard InChI is InChI=1S/C16H12FN5O2/c1-9-10(17)2-3-11-14(9)16(23)24-15(19-11)12-4-5-13(21-20-12)22-7-6-18-8-22/h2-8,15,19H,1H3. The van der Waals surface area contributed by atoms with E-state index in [-0.39, 0.29) is 11.1 Å². The molecule has 1 atom stereocenters. The summed E-state index contributed by atoms with van der Waals surface area (Å²) in [4.78, 5) is 16.2. The number of nitrogens with one attached hydrogen (secondary N) is 1. The first kappa shape index (κ1) is 14.3. The van der Waals surface area contributed by atoms with Gasteiger partial charge in [-0.15, -0.1) is 10.2 Å². The second kappa shape index (κ2) is 5.41. The van der Waals surface area contributed by atoms with E-state index >= 15 is 0 Å². The van der Waals surface area contributed by atoms with Gasteiger partial charge in [-0.2, -0.15) is 0 Å². The summed E-state index contributed by atoms with van der Waals surface area (Å²) in [5, 5.41) is 11.2. The Labute approximate surface area is 136 Å². The van der Waals surface area contributed by atoms with Crippen LogP contribution in [0.25, 0.3) is 5.82 Å². The Morgan fingerprint density at radius 2 is 2.12 bits per heavy atom. The molecule has 1 aliphatic rings. The summed E-state index contributed by atoms with van der Waals surface area (Å²) < 4.78 is 20.6. The Morgan fingerprint density at radius 1 is 1.25 bits per heavy atom. The summed E-state index contributed by atoms with van der Waals surface area (Å²) in [7, 11) is 0. The summed E-state index contributed by atoms with van der Waals surface area (Å²) in [6.07, 6.45) is 4.21. The molecule has 7 nitrogen and oxygen atoms in total. The molecule has 8 heteroatoms. The smallest absolute Gasteiger partial charge is 0.342 e. The highest BCUT2D eigenvalue weighted by Gasteiger charge is 2.30. The predicted molar refractivity (Wildman–Crippen MR) is 82.1 cm³/mol. The van der Waals surface area contributed by atoms with Crippen molar-refractivity contribution in [2.75, 3.05) is 5.32 Å². The molecule has 0 saturated heterocycles. The van der Waals surface area contributed by atoms with E-state index in [1.54, 1.807) is 35.4 Å². The van der Waals surface area contributed by atoms with Crippen LogP contribution in [-0.2, 0) is 4.74 Å². The van der Waals surface area contributed by atoms with Gasteiger partial charge in [0.25, 0.3) is 0 Å². The summed E-state index contributed by atoms with van der Waals surface area (Å²) >= 11 is 0. The molecule has 4 rings (SSSR count). The Hall–Kier alpha value is -3.29. The lowest BCUT2D eigenvalue weighted by atomic mass is 10.0. The molecule has 3 heterocycles. The minimum atomic E-state index is -0.779. The van der Waals surface area contributed by atoms with Crippen molar-refractivity contribution in [3.8, 4) is 5.82 Å². The molecule has 0 bridgehead atoms. The molecule has 1 N–H and O–H groups in total. The normalized spacial score (nSPS) is 16.2. The van der Waals surface area contributed by atoms with Crippen molar-refractivity contribution in [2.45, 2.75) is 13.2 Å². The van der Waals surface area contributed by atoms with Crippen molar-refractivity contribution < 1.29 is 13.9 Å². The van der Waals surface area contributed by atoms with Gasteiger partial charge in [-0.25, -0.2) is 14.2 Å². The van der Waals surface area contributed by atoms with E-state index in [0.717, 1.165) is 0 Å². The Kier molecular flexibility index (Phi) is 3.23. The number of ether oxygens (including phenoxy) is 1. The number of cyclic esters (lactones) is 1. The first-order valence-corrected chi connectivity index (χ1v) is 7.22. The van der Waals surface area contributed by atoms with E-state index in [1.165, 1.54) is 19.1 Å². The second-order valence-corrected chi connectivity index (χ2v) is 5.31. The second-order valence-electron chi connectivity index (χ2n) is 5.31. The monoisotopic (exact) mass is 325 g/mol. The fourth-order valence-corrected chi connectivity index (χ4v) is 2.55. The van der Waals surface area contributed by atoms with Crippen LogP contribution >= 0.6 is 0 Å². The van der Waals surface area contributed by atoms with Gasteiger partial charge in [-0.1, -0.05) is 0 Å². The van der Waals surface area contributed by atoms with Gasteiger partial charge >= 0.3 is 5.97 Å². The van der Waals surface area contributed by atoms with Gasteiger partial charge in [-0.3, -0.25) is 4.57 Å². The van der Waals surface area contributed by atoms with Gasteiger partial charge in [-0.05, 0) is 31.2 Å². The first-order chi connectivity index (χ1) is 11.6. The molecule has 1 unspecified atom stereocenters. The van der Waals surface area contributed by atoms with E-state index in [4.69, 9.17) is 4.74 Å².